The number of carbonyl (C=O) groups excluding carboxylic acids is 1. The first kappa shape index (κ1) is 14.1. The number of urea groups is 1. The standard InChI is InChI=1S/C14H17N3O3/c1-19-9-5-8-15-14(18)16-13-10-12(20-17-13)11-6-3-2-4-7-11/h2-4,6-7,10H,5,8-9H2,1H3,(H2,15,16,17,18). The zero-order chi connectivity index (χ0) is 14.2. The Hall–Kier alpha value is -2.34. The van der Waals surface area contributed by atoms with Gasteiger partial charge in [-0.05, 0) is 6.42 Å². The monoisotopic (exact) mass is 275 g/mol. The average Bonchev–Trinajstić information content (AvgIpc) is 2.93. The zero-order valence-electron chi connectivity index (χ0n) is 11.3. The molecule has 1 heterocycles. The summed E-state index contributed by atoms with van der Waals surface area (Å²) >= 11 is 0. The molecule has 0 bridgehead atoms. The van der Waals surface area contributed by atoms with E-state index >= 15 is 0 Å². The summed E-state index contributed by atoms with van der Waals surface area (Å²) in [6.45, 7) is 1.16. The van der Waals surface area contributed by atoms with E-state index < -0.39 is 0 Å². The molecular formula is C14H17N3O3. The lowest BCUT2D eigenvalue weighted by Crippen LogP contribution is -2.30. The van der Waals surface area contributed by atoms with Crippen LogP contribution in [0.5, 0.6) is 0 Å². The Morgan fingerprint density at radius 2 is 2.15 bits per heavy atom. The lowest BCUT2D eigenvalue weighted by molar-refractivity contribution is 0.194. The Bertz CT molecular complexity index is 540. The highest BCUT2D eigenvalue weighted by atomic mass is 16.5. The highest BCUT2D eigenvalue weighted by molar-refractivity contribution is 5.88. The molecule has 1 aromatic carbocycles. The molecule has 0 aliphatic heterocycles. The van der Waals surface area contributed by atoms with Crippen LogP contribution in [0.25, 0.3) is 11.3 Å². The second-order valence-corrected chi connectivity index (χ2v) is 4.17. The quantitative estimate of drug-likeness (QED) is 0.794. The second-order valence-electron chi connectivity index (χ2n) is 4.17. The van der Waals surface area contributed by atoms with Crippen LogP contribution in [0.1, 0.15) is 6.42 Å². The fourth-order valence-electron chi connectivity index (χ4n) is 1.65. The lowest BCUT2D eigenvalue weighted by atomic mass is 10.2. The number of rotatable bonds is 6. The third kappa shape index (κ3) is 4.10. The van der Waals surface area contributed by atoms with E-state index in [2.05, 4.69) is 15.8 Å². The van der Waals surface area contributed by atoms with Crippen LogP contribution in [-0.4, -0.2) is 31.4 Å². The number of anilines is 1. The topological polar surface area (TPSA) is 76.4 Å². The molecule has 0 radical (unpaired) electrons. The van der Waals surface area contributed by atoms with Gasteiger partial charge in [0.15, 0.2) is 11.6 Å². The number of hydrogen-bond donors (Lipinski definition) is 2. The van der Waals surface area contributed by atoms with Crippen molar-refractivity contribution in [2.75, 3.05) is 25.6 Å². The minimum absolute atomic E-state index is 0.311. The number of nitrogens with one attached hydrogen (secondary N) is 2. The fourth-order valence-corrected chi connectivity index (χ4v) is 1.65. The normalized spacial score (nSPS) is 10.2. The molecule has 1 aromatic heterocycles. The largest absolute Gasteiger partial charge is 0.385 e. The molecule has 0 spiro atoms. The van der Waals surface area contributed by atoms with Gasteiger partial charge in [-0.1, -0.05) is 35.5 Å². The highest BCUT2D eigenvalue weighted by Crippen LogP contribution is 2.21. The molecule has 0 atom stereocenters. The minimum Gasteiger partial charge on any atom is -0.385 e. The van der Waals surface area contributed by atoms with Gasteiger partial charge in [0.1, 0.15) is 0 Å². The van der Waals surface area contributed by atoms with E-state index in [1.54, 1.807) is 13.2 Å². The van der Waals surface area contributed by atoms with Gasteiger partial charge < -0.3 is 14.6 Å². The van der Waals surface area contributed by atoms with E-state index in [9.17, 15) is 4.79 Å². The molecule has 0 aliphatic rings. The molecule has 6 nitrogen and oxygen atoms in total. The van der Waals surface area contributed by atoms with Gasteiger partial charge in [0.05, 0.1) is 0 Å². The molecule has 0 saturated heterocycles. The van der Waals surface area contributed by atoms with Crippen LogP contribution >= 0.6 is 0 Å². The van der Waals surface area contributed by atoms with Gasteiger partial charge >= 0.3 is 6.03 Å². The van der Waals surface area contributed by atoms with Crippen LogP contribution in [0.15, 0.2) is 40.9 Å². The predicted molar refractivity (Wildman–Crippen MR) is 75.5 cm³/mol. The first-order chi connectivity index (χ1) is 9.79. The van der Waals surface area contributed by atoms with Gasteiger partial charge in [0, 0.05) is 31.9 Å². The first-order valence-electron chi connectivity index (χ1n) is 6.35. The van der Waals surface area contributed by atoms with Crippen molar-refractivity contribution in [2.45, 2.75) is 6.42 Å². The summed E-state index contributed by atoms with van der Waals surface area (Å²) in [4.78, 5) is 11.6. The number of nitrogens with zero attached hydrogens (tertiary/aromatic N) is 1. The molecule has 2 N–H and O–H groups in total. The third-order valence-electron chi connectivity index (χ3n) is 2.62. The molecular weight excluding hydrogens is 258 g/mol. The van der Waals surface area contributed by atoms with E-state index in [-0.39, 0.29) is 6.03 Å². The summed E-state index contributed by atoms with van der Waals surface area (Å²) in [6.07, 6.45) is 0.762. The number of amides is 2. The maximum Gasteiger partial charge on any atom is 0.320 e. The van der Waals surface area contributed by atoms with E-state index in [1.165, 1.54) is 0 Å². The number of methoxy groups -OCH3 is 1. The maximum absolute atomic E-state index is 11.6. The highest BCUT2D eigenvalue weighted by Gasteiger charge is 2.08. The molecule has 0 fully saturated rings. The molecule has 0 aliphatic carbocycles. The van der Waals surface area contributed by atoms with Crippen LogP contribution in [0.4, 0.5) is 10.6 Å². The molecule has 0 saturated carbocycles. The number of aromatic nitrogens is 1. The van der Waals surface area contributed by atoms with Crippen molar-refractivity contribution in [2.24, 2.45) is 0 Å². The summed E-state index contributed by atoms with van der Waals surface area (Å²) < 4.78 is 10.1. The smallest absolute Gasteiger partial charge is 0.320 e. The maximum atomic E-state index is 11.6. The SMILES string of the molecule is COCCCNC(=O)Nc1cc(-c2ccccc2)on1. The zero-order valence-corrected chi connectivity index (χ0v) is 11.3. The van der Waals surface area contributed by atoms with Crippen molar-refractivity contribution in [1.82, 2.24) is 10.5 Å². The van der Waals surface area contributed by atoms with E-state index in [0.29, 0.717) is 24.7 Å². The van der Waals surface area contributed by atoms with Gasteiger partial charge in [-0.2, -0.15) is 0 Å². The summed E-state index contributed by atoms with van der Waals surface area (Å²) in [5.41, 5.74) is 0.911. The molecule has 2 rings (SSSR count). The Labute approximate surface area is 117 Å². The molecule has 2 aromatic rings. The van der Waals surface area contributed by atoms with Crippen molar-refractivity contribution in [3.63, 3.8) is 0 Å². The van der Waals surface area contributed by atoms with Crippen molar-refractivity contribution in [1.29, 1.82) is 0 Å². The predicted octanol–water partition coefficient (Wildman–Crippen LogP) is 2.50. The molecule has 2 amide bonds. The number of hydrogen-bond acceptors (Lipinski definition) is 4. The fraction of sp³-hybridized carbons (Fsp3) is 0.286. The summed E-state index contributed by atoms with van der Waals surface area (Å²) in [5, 5.41) is 9.12. The van der Waals surface area contributed by atoms with E-state index in [1.807, 2.05) is 30.3 Å². The van der Waals surface area contributed by atoms with Gasteiger partial charge in [0.25, 0.3) is 0 Å². The summed E-state index contributed by atoms with van der Waals surface area (Å²) in [5.74, 6) is 0.994. The van der Waals surface area contributed by atoms with E-state index in [4.69, 9.17) is 9.26 Å². The second kappa shape index (κ2) is 7.30. The number of benzene rings is 1. The van der Waals surface area contributed by atoms with Crippen molar-refractivity contribution < 1.29 is 14.1 Å². The molecule has 20 heavy (non-hydrogen) atoms. The van der Waals surface area contributed by atoms with Crippen LogP contribution in [0.2, 0.25) is 0 Å². The Kier molecular flexibility index (Phi) is 5.14. The van der Waals surface area contributed by atoms with Gasteiger partial charge in [-0.15, -0.1) is 0 Å². The van der Waals surface area contributed by atoms with Crippen LogP contribution in [0.3, 0.4) is 0 Å². The number of carbonyl (C=O) groups is 1. The number of ether oxygens (including phenoxy) is 1. The molecule has 0 unspecified atom stereocenters. The van der Waals surface area contributed by atoms with Crippen molar-refractivity contribution in [3.8, 4) is 11.3 Å². The Morgan fingerprint density at radius 1 is 1.35 bits per heavy atom. The van der Waals surface area contributed by atoms with Gasteiger partial charge in [-0.25, -0.2) is 4.79 Å². The summed E-state index contributed by atoms with van der Waals surface area (Å²) in [6, 6.07) is 10.9. The first-order valence-corrected chi connectivity index (χ1v) is 6.35. The minimum atomic E-state index is -0.311. The average molecular weight is 275 g/mol. The van der Waals surface area contributed by atoms with Gasteiger partial charge in [0.2, 0.25) is 0 Å². The van der Waals surface area contributed by atoms with Crippen molar-refractivity contribution >= 4 is 11.8 Å². The van der Waals surface area contributed by atoms with Crippen LogP contribution in [0, 0.1) is 0 Å². The summed E-state index contributed by atoms with van der Waals surface area (Å²) in [7, 11) is 1.63. The third-order valence-corrected chi connectivity index (χ3v) is 2.62. The van der Waals surface area contributed by atoms with Gasteiger partial charge in [-0.3, -0.25) is 5.32 Å². The van der Waals surface area contributed by atoms with E-state index in [0.717, 1.165) is 12.0 Å². The molecule has 106 valence electrons. The van der Waals surface area contributed by atoms with Crippen molar-refractivity contribution in [3.05, 3.63) is 36.4 Å². The Balaban J connectivity index is 1.85. The lowest BCUT2D eigenvalue weighted by Gasteiger charge is -2.04. The van der Waals surface area contributed by atoms with Crippen LogP contribution in [-0.2, 0) is 4.74 Å². The van der Waals surface area contributed by atoms with Crippen LogP contribution < -0.4 is 10.6 Å². The molecule has 6 heteroatoms. The Morgan fingerprint density at radius 3 is 2.90 bits per heavy atom.